The van der Waals surface area contributed by atoms with E-state index < -0.39 is 34.1 Å². The Bertz CT molecular complexity index is 1430. The van der Waals surface area contributed by atoms with Crippen molar-refractivity contribution in [3.8, 4) is 0 Å². The van der Waals surface area contributed by atoms with Crippen molar-refractivity contribution in [3.05, 3.63) is 143 Å². The highest BCUT2D eigenvalue weighted by Gasteiger charge is 2.30. The molecule has 4 rings (SSSR count). The van der Waals surface area contributed by atoms with Crippen LogP contribution in [0.1, 0.15) is 40.0 Å². The minimum Gasteiger partial charge on any atom is -0.386 e. The zero-order chi connectivity index (χ0) is 27.0. The number of amides is 1. The van der Waals surface area contributed by atoms with Crippen LogP contribution in [0.25, 0.3) is 0 Å². The van der Waals surface area contributed by atoms with Crippen molar-refractivity contribution >= 4 is 15.9 Å². The molecule has 0 aliphatic carbocycles. The predicted octanol–water partition coefficient (Wildman–Crippen LogP) is 4.62. The third-order valence-electron chi connectivity index (χ3n) is 6.27. The summed E-state index contributed by atoms with van der Waals surface area (Å²) in [5, 5.41) is 14.2. The SMILES string of the molecule is Cc1cccc(C[C@H](NS(=O)(=O)Cc2ccccc2)C(=O)N[C@@H](c2ccccc2)[C@H](O)c2ccccc2)c1. The monoisotopic (exact) mass is 528 g/mol. The molecule has 0 unspecified atom stereocenters. The molecule has 4 aromatic carbocycles. The maximum Gasteiger partial charge on any atom is 0.239 e. The Morgan fingerprint density at radius 1 is 0.763 bits per heavy atom. The molecule has 1 amide bonds. The van der Waals surface area contributed by atoms with Gasteiger partial charge in [0.1, 0.15) is 12.1 Å². The number of aliphatic hydroxyl groups excluding tert-OH is 1. The summed E-state index contributed by atoms with van der Waals surface area (Å²) < 4.78 is 28.9. The Morgan fingerprint density at radius 2 is 1.32 bits per heavy atom. The molecule has 0 aromatic heterocycles. The number of nitrogens with one attached hydrogen (secondary N) is 2. The molecule has 0 saturated carbocycles. The van der Waals surface area contributed by atoms with E-state index in [4.69, 9.17) is 0 Å². The molecule has 0 radical (unpaired) electrons. The largest absolute Gasteiger partial charge is 0.386 e. The van der Waals surface area contributed by atoms with Gasteiger partial charge in [-0.3, -0.25) is 4.79 Å². The van der Waals surface area contributed by atoms with Crippen LogP contribution in [0, 0.1) is 6.92 Å². The Kier molecular flexibility index (Phi) is 9.07. The molecule has 3 atom stereocenters. The summed E-state index contributed by atoms with van der Waals surface area (Å²) in [5.74, 6) is -0.771. The summed E-state index contributed by atoms with van der Waals surface area (Å²) in [6, 6.07) is 32.8. The van der Waals surface area contributed by atoms with Crippen molar-refractivity contribution < 1.29 is 18.3 Å². The second-order valence-corrected chi connectivity index (χ2v) is 11.1. The maximum absolute atomic E-state index is 13.7. The standard InChI is InChI=1S/C31H32N2O4S/c1-23-12-11-15-25(20-23)21-28(33-38(36,37)22-24-13-5-2-6-14-24)31(35)32-29(26-16-7-3-8-17-26)30(34)27-18-9-4-10-19-27/h2-20,28-30,33-34H,21-22H2,1H3,(H,32,35)/t28-,29-,30+/m0/s1. The molecule has 38 heavy (non-hydrogen) atoms. The lowest BCUT2D eigenvalue weighted by molar-refractivity contribution is -0.124. The van der Waals surface area contributed by atoms with Gasteiger partial charge in [0.05, 0.1) is 11.8 Å². The van der Waals surface area contributed by atoms with Gasteiger partial charge in [0, 0.05) is 0 Å². The fourth-order valence-electron chi connectivity index (χ4n) is 4.42. The van der Waals surface area contributed by atoms with Gasteiger partial charge in [-0.25, -0.2) is 13.1 Å². The lowest BCUT2D eigenvalue weighted by Gasteiger charge is -2.28. The van der Waals surface area contributed by atoms with Crippen LogP contribution in [-0.4, -0.2) is 25.5 Å². The summed E-state index contributed by atoms with van der Waals surface area (Å²) in [6.45, 7) is 1.94. The molecular weight excluding hydrogens is 496 g/mol. The number of rotatable bonds is 11. The zero-order valence-corrected chi connectivity index (χ0v) is 22.0. The van der Waals surface area contributed by atoms with E-state index in [0.717, 1.165) is 11.1 Å². The van der Waals surface area contributed by atoms with Gasteiger partial charge in [0.15, 0.2) is 0 Å². The molecule has 0 aliphatic heterocycles. The molecule has 0 aliphatic rings. The van der Waals surface area contributed by atoms with Crippen LogP contribution in [0.3, 0.4) is 0 Å². The number of aryl methyl sites for hydroxylation is 1. The normalized spacial score (nSPS) is 13.8. The molecule has 196 valence electrons. The van der Waals surface area contributed by atoms with Crippen LogP contribution in [0.2, 0.25) is 0 Å². The molecular formula is C31H32N2O4S. The number of sulfonamides is 1. The summed E-state index contributed by atoms with van der Waals surface area (Å²) in [4.78, 5) is 13.7. The van der Waals surface area contributed by atoms with Gasteiger partial charge in [-0.2, -0.15) is 0 Å². The third-order valence-corrected chi connectivity index (χ3v) is 7.63. The van der Waals surface area contributed by atoms with Crippen molar-refractivity contribution in [2.45, 2.75) is 37.3 Å². The lowest BCUT2D eigenvalue weighted by Crippen LogP contribution is -2.49. The topological polar surface area (TPSA) is 95.5 Å². The van der Waals surface area contributed by atoms with Gasteiger partial charge in [0.2, 0.25) is 15.9 Å². The smallest absolute Gasteiger partial charge is 0.239 e. The van der Waals surface area contributed by atoms with Gasteiger partial charge >= 0.3 is 0 Å². The van der Waals surface area contributed by atoms with Crippen LogP contribution in [-0.2, 0) is 27.0 Å². The van der Waals surface area contributed by atoms with Gasteiger partial charge in [-0.15, -0.1) is 0 Å². The molecule has 0 spiro atoms. The summed E-state index contributed by atoms with van der Waals surface area (Å²) >= 11 is 0. The summed E-state index contributed by atoms with van der Waals surface area (Å²) in [7, 11) is -3.86. The average Bonchev–Trinajstić information content (AvgIpc) is 2.92. The maximum atomic E-state index is 13.7. The first-order valence-corrected chi connectivity index (χ1v) is 14.1. The summed E-state index contributed by atoms with van der Waals surface area (Å²) in [6.07, 6.45) is -0.882. The van der Waals surface area contributed by atoms with Crippen molar-refractivity contribution in [1.29, 1.82) is 0 Å². The first kappa shape index (κ1) is 27.3. The van der Waals surface area contributed by atoms with Crippen LogP contribution in [0.4, 0.5) is 0 Å². The molecule has 0 saturated heterocycles. The number of carbonyl (C=O) groups is 1. The van der Waals surface area contributed by atoms with E-state index in [0.29, 0.717) is 16.7 Å². The lowest BCUT2D eigenvalue weighted by atomic mass is 9.95. The quantitative estimate of drug-likeness (QED) is 0.265. The van der Waals surface area contributed by atoms with E-state index in [1.807, 2.05) is 85.8 Å². The predicted molar refractivity (Wildman–Crippen MR) is 150 cm³/mol. The van der Waals surface area contributed by atoms with E-state index in [1.165, 1.54) is 0 Å². The Morgan fingerprint density at radius 3 is 1.92 bits per heavy atom. The van der Waals surface area contributed by atoms with Crippen molar-refractivity contribution in [2.24, 2.45) is 0 Å². The van der Waals surface area contributed by atoms with Crippen LogP contribution in [0.15, 0.2) is 115 Å². The van der Waals surface area contributed by atoms with Crippen molar-refractivity contribution in [2.75, 3.05) is 0 Å². The molecule has 0 heterocycles. The van der Waals surface area contributed by atoms with E-state index in [9.17, 15) is 18.3 Å². The second kappa shape index (κ2) is 12.6. The Labute approximate surface area is 224 Å². The Balaban J connectivity index is 1.63. The molecule has 7 heteroatoms. The van der Waals surface area contributed by atoms with Crippen molar-refractivity contribution in [1.82, 2.24) is 10.0 Å². The molecule has 4 aromatic rings. The molecule has 3 N–H and O–H groups in total. The highest BCUT2D eigenvalue weighted by atomic mass is 32.2. The average molecular weight is 529 g/mol. The number of aliphatic hydroxyl groups is 1. The van der Waals surface area contributed by atoms with E-state index >= 15 is 0 Å². The van der Waals surface area contributed by atoms with Crippen molar-refractivity contribution in [3.63, 3.8) is 0 Å². The van der Waals surface area contributed by atoms with E-state index in [1.54, 1.807) is 36.4 Å². The van der Waals surface area contributed by atoms with E-state index in [-0.39, 0.29) is 12.2 Å². The van der Waals surface area contributed by atoms with Crippen LogP contribution in [0.5, 0.6) is 0 Å². The third kappa shape index (κ3) is 7.61. The highest BCUT2D eigenvalue weighted by molar-refractivity contribution is 7.88. The number of hydrogen-bond donors (Lipinski definition) is 3. The highest BCUT2D eigenvalue weighted by Crippen LogP contribution is 2.29. The van der Waals surface area contributed by atoms with E-state index in [2.05, 4.69) is 10.0 Å². The number of benzene rings is 4. The van der Waals surface area contributed by atoms with Gasteiger partial charge in [-0.05, 0) is 35.6 Å². The first-order valence-electron chi connectivity index (χ1n) is 12.5. The zero-order valence-electron chi connectivity index (χ0n) is 21.2. The van der Waals surface area contributed by atoms with Gasteiger partial charge in [0.25, 0.3) is 0 Å². The van der Waals surface area contributed by atoms with Gasteiger partial charge < -0.3 is 10.4 Å². The van der Waals surface area contributed by atoms with Gasteiger partial charge in [-0.1, -0.05) is 121 Å². The minimum absolute atomic E-state index is 0.157. The molecule has 0 bridgehead atoms. The first-order chi connectivity index (χ1) is 18.3. The minimum atomic E-state index is -3.86. The second-order valence-electron chi connectivity index (χ2n) is 9.36. The molecule has 6 nitrogen and oxygen atoms in total. The Hall–Kier alpha value is -3.78. The van der Waals surface area contributed by atoms with Crippen LogP contribution < -0.4 is 10.0 Å². The fraction of sp³-hybridized carbons (Fsp3) is 0.194. The molecule has 0 fully saturated rings. The van der Waals surface area contributed by atoms with Crippen LogP contribution >= 0.6 is 0 Å². The fourth-order valence-corrected chi connectivity index (χ4v) is 5.75. The number of carbonyl (C=O) groups excluding carboxylic acids is 1. The number of hydrogen-bond acceptors (Lipinski definition) is 4. The summed E-state index contributed by atoms with van der Waals surface area (Å²) in [5.41, 5.74) is 3.81.